The number of amides is 4. The lowest BCUT2D eigenvalue weighted by molar-refractivity contribution is -0.142. The van der Waals surface area contributed by atoms with Gasteiger partial charge in [0.05, 0.1) is 30.8 Å². The number of likely N-dealkylation sites (tertiary alicyclic amines) is 2. The molecule has 2 heterocycles. The van der Waals surface area contributed by atoms with Crippen LogP contribution in [-0.2, 0) is 19.2 Å². The Morgan fingerprint density at radius 2 is 1.51 bits per heavy atom. The zero-order valence-corrected chi connectivity index (χ0v) is 20.4. The summed E-state index contributed by atoms with van der Waals surface area (Å²) in [6, 6.07) is 5.17. The molecule has 2 aliphatic heterocycles. The first-order valence-electron chi connectivity index (χ1n) is 12.6. The van der Waals surface area contributed by atoms with Crippen LogP contribution in [0, 0.1) is 29.6 Å². The fourth-order valence-electron chi connectivity index (χ4n) is 6.91. The molecule has 0 aromatic heterocycles. The molecule has 35 heavy (non-hydrogen) atoms. The van der Waals surface area contributed by atoms with E-state index in [-0.39, 0.29) is 35.3 Å². The van der Waals surface area contributed by atoms with E-state index in [2.05, 4.69) is 0 Å². The van der Waals surface area contributed by atoms with Crippen molar-refractivity contribution < 1.29 is 29.0 Å². The van der Waals surface area contributed by atoms with E-state index in [9.17, 15) is 24.3 Å². The van der Waals surface area contributed by atoms with Gasteiger partial charge in [-0.3, -0.25) is 29.0 Å². The number of carbonyl (C=O) groups is 4. The van der Waals surface area contributed by atoms with Gasteiger partial charge in [0.25, 0.3) is 0 Å². The van der Waals surface area contributed by atoms with Gasteiger partial charge in [0.15, 0.2) is 11.5 Å². The summed E-state index contributed by atoms with van der Waals surface area (Å²) < 4.78 is 5.34. The highest BCUT2D eigenvalue weighted by atomic mass is 16.5. The van der Waals surface area contributed by atoms with Gasteiger partial charge >= 0.3 is 0 Å². The van der Waals surface area contributed by atoms with Crippen molar-refractivity contribution in [1.29, 1.82) is 0 Å². The van der Waals surface area contributed by atoms with Gasteiger partial charge < -0.3 is 9.84 Å². The number of imide groups is 2. The molecular formula is C27H32N2O6. The highest BCUT2D eigenvalue weighted by molar-refractivity contribution is 6.08. The molecule has 0 spiro atoms. The first-order valence-corrected chi connectivity index (χ1v) is 12.6. The summed E-state index contributed by atoms with van der Waals surface area (Å²) in [5.74, 6) is -3.61. The van der Waals surface area contributed by atoms with Crippen molar-refractivity contribution in [3.05, 3.63) is 35.4 Å². The lowest BCUT2D eigenvalue weighted by atomic mass is 9.57. The minimum absolute atomic E-state index is 0.0574. The smallest absolute Gasteiger partial charge is 0.234 e. The van der Waals surface area contributed by atoms with Crippen LogP contribution in [0.15, 0.2) is 29.8 Å². The Labute approximate surface area is 204 Å². The third-order valence-electron chi connectivity index (χ3n) is 8.31. The zero-order chi connectivity index (χ0) is 25.0. The van der Waals surface area contributed by atoms with E-state index in [1.54, 1.807) is 18.2 Å². The van der Waals surface area contributed by atoms with Gasteiger partial charge in [-0.1, -0.05) is 37.6 Å². The van der Waals surface area contributed by atoms with E-state index < -0.39 is 29.6 Å². The van der Waals surface area contributed by atoms with Crippen molar-refractivity contribution in [3.8, 4) is 11.5 Å². The molecule has 0 radical (unpaired) electrons. The maximum atomic E-state index is 13.6. The van der Waals surface area contributed by atoms with E-state index >= 15 is 0 Å². The molecule has 3 fully saturated rings. The Balaban J connectivity index is 1.64. The highest BCUT2D eigenvalue weighted by Gasteiger charge is 2.61. The number of hydrogen-bond donors (Lipinski definition) is 1. The fraction of sp³-hybridized carbons (Fsp3) is 0.556. The van der Waals surface area contributed by atoms with E-state index in [0.717, 1.165) is 5.57 Å². The molecule has 4 aliphatic rings. The summed E-state index contributed by atoms with van der Waals surface area (Å²) in [5.41, 5.74) is 1.41. The van der Waals surface area contributed by atoms with Gasteiger partial charge in [-0.2, -0.15) is 0 Å². The Hall–Kier alpha value is -3.16. The van der Waals surface area contributed by atoms with Crippen LogP contribution in [0.5, 0.6) is 11.5 Å². The van der Waals surface area contributed by atoms with Crippen LogP contribution < -0.4 is 4.74 Å². The third kappa shape index (κ3) is 3.32. The number of aromatic hydroxyl groups is 1. The van der Waals surface area contributed by atoms with E-state index in [1.807, 2.05) is 19.9 Å². The molecule has 8 nitrogen and oxygen atoms in total. The standard InChI is InChI=1S/C27H32N2O6/c1-4-11-28-24(31)16-10-9-14-17(21(16)26(28)33)13-18-22(27(34)29(12-5-2)25(18)32)20(14)15-7-6-8-19(35-3)23(15)30/h6-9,16-18,20-22,30H,4-5,10-13H2,1-3H3/t16-,17+,18+,20+,21-,22+/m0/s1. The number of ether oxygens (including phenoxy) is 1. The topological polar surface area (TPSA) is 104 Å². The van der Waals surface area contributed by atoms with Crippen molar-refractivity contribution in [1.82, 2.24) is 9.80 Å². The van der Waals surface area contributed by atoms with E-state index in [1.165, 1.54) is 16.9 Å². The molecule has 4 amide bonds. The highest BCUT2D eigenvalue weighted by Crippen LogP contribution is 2.59. The summed E-state index contributed by atoms with van der Waals surface area (Å²) >= 11 is 0. The van der Waals surface area contributed by atoms with Crippen LogP contribution in [-0.4, -0.2) is 58.7 Å². The molecular weight excluding hydrogens is 448 g/mol. The number of benzene rings is 1. The number of hydrogen-bond acceptors (Lipinski definition) is 6. The van der Waals surface area contributed by atoms with Crippen molar-refractivity contribution >= 4 is 23.6 Å². The van der Waals surface area contributed by atoms with Crippen LogP contribution >= 0.6 is 0 Å². The van der Waals surface area contributed by atoms with Gasteiger partial charge in [-0.15, -0.1) is 0 Å². The van der Waals surface area contributed by atoms with Gasteiger partial charge in [0.2, 0.25) is 23.6 Å². The van der Waals surface area contributed by atoms with Crippen molar-refractivity contribution in [2.45, 2.75) is 45.4 Å². The van der Waals surface area contributed by atoms with E-state index in [4.69, 9.17) is 4.74 Å². The van der Waals surface area contributed by atoms with E-state index in [0.29, 0.717) is 50.1 Å². The number of para-hydroxylation sites is 1. The second-order valence-electron chi connectivity index (χ2n) is 10.1. The van der Waals surface area contributed by atoms with Gasteiger partial charge in [0.1, 0.15) is 0 Å². The number of nitrogens with zero attached hydrogens (tertiary/aromatic N) is 2. The van der Waals surface area contributed by atoms with Crippen LogP contribution in [0.2, 0.25) is 0 Å². The molecule has 2 saturated heterocycles. The average molecular weight is 481 g/mol. The second kappa shape index (κ2) is 8.81. The normalized spacial score (nSPS) is 31.9. The molecule has 2 aliphatic carbocycles. The fourth-order valence-corrected chi connectivity index (χ4v) is 6.91. The minimum atomic E-state index is -0.648. The van der Waals surface area contributed by atoms with Crippen LogP contribution in [0.3, 0.4) is 0 Å². The average Bonchev–Trinajstić information content (AvgIpc) is 3.24. The maximum absolute atomic E-state index is 13.6. The molecule has 1 aromatic carbocycles. The number of phenolic OH excluding ortho intramolecular Hbond substituents is 1. The largest absolute Gasteiger partial charge is 0.504 e. The Bertz CT molecular complexity index is 1130. The maximum Gasteiger partial charge on any atom is 0.234 e. The minimum Gasteiger partial charge on any atom is -0.504 e. The number of rotatable bonds is 6. The van der Waals surface area contributed by atoms with Gasteiger partial charge in [0, 0.05) is 24.6 Å². The molecule has 5 rings (SSSR count). The van der Waals surface area contributed by atoms with Crippen molar-refractivity contribution in [2.24, 2.45) is 29.6 Å². The monoisotopic (exact) mass is 480 g/mol. The number of methoxy groups -OCH3 is 1. The molecule has 1 N–H and O–H groups in total. The number of allylic oxidation sites excluding steroid dienone is 2. The SMILES string of the molecule is CCCN1C(=O)[C@H]2[C@H](CC=C3[C@H]2C[C@H]2C(=O)N(CCC)C(=O)[C@H]2[C@H]3c2cccc(OC)c2O)C1=O. The first kappa shape index (κ1) is 23.6. The molecule has 1 saturated carbocycles. The third-order valence-corrected chi connectivity index (χ3v) is 8.31. The Kier molecular flexibility index (Phi) is 5.93. The molecule has 1 aromatic rings. The summed E-state index contributed by atoms with van der Waals surface area (Å²) in [6.45, 7) is 4.59. The predicted molar refractivity (Wildman–Crippen MR) is 126 cm³/mol. The zero-order valence-electron chi connectivity index (χ0n) is 20.4. The molecule has 0 unspecified atom stereocenters. The van der Waals surface area contributed by atoms with Crippen LogP contribution in [0.1, 0.15) is 51.0 Å². The lowest BCUT2D eigenvalue weighted by Crippen LogP contribution is -2.43. The van der Waals surface area contributed by atoms with Crippen molar-refractivity contribution in [3.63, 3.8) is 0 Å². The number of phenols is 1. The van der Waals surface area contributed by atoms with Gasteiger partial charge in [-0.25, -0.2) is 0 Å². The lowest BCUT2D eigenvalue weighted by Gasteiger charge is -2.44. The Morgan fingerprint density at radius 3 is 2.14 bits per heavy atom. The second-order valence-corrected chi connectivity index (χ2v) is 10.1. The Morgan fingerprint density at radius 1 is 0.886 bits per heavy atom. The molecule has 0 bridgehead atoms. The summed E-state index contributed by atoms with van der Waals surface area (Å²) in [6.07, 6.45) is 4.11. The summed E-state index contributed by atoms with van der Waals surface area (Å²) in [5, 5.41) is 11.1. The number of carbonyl (C=O) groups excluding carboxylic acids is 4. The van der Waals surface area contributed by atoms with Crippen molar-refractivity contribution in [2.75, 3.05) is 20.2 Å². The van der Waals surface area contributed by atoms with Gasteiger partial charge in [-0.05, 0) is 37.7 Å². The quantitative estimate of drug-likeness (QED) is 0.496. The molecule has 8 heteroatoms. The molecule has 186 valence electrons. The number of fused-ring (bicyclic) bond motifs is 4. The summed E-state index contributed by atoms with van der Waals surface area (Å²) in [4.78, 5) is 56.3. The molecule has 6 atom stereocenters. The van der Waals surface area contributed by atoms with Crippen LogP contribution in [0.25, 0.3) is 0 Å². The first-order chi connectivity index (χ1) is 16.8. The predicted octanol–water partition coefficient (Wildman–Crippen LogP) is 2.86. The summed E-state index contributed by atoms with van der Waals surface area (Å²) in [7, 11) is 1.47. The van der Waals surface area contributed by atoms with Crippen LogP contribution in [0.4, 0.5) is 0 Å².